The normalized spacial score (nSPS) is 16.1. The zero-order valence-corrected chi connectivity index (χ0v) is 12.8. The van der Waals surface area contributed by atoms with Crippen LogP contribution in [0.4, 0.5) is 0 Å². The Hall–Kier alpha value is -0.870. The van der Waals surface area contributed by atoms with Gasteiger partial charge in [0, 0.05) is 16.8 Å². The van der Waals surface area contributed by atoms with Crippen molar-refractivity contribution < 1.29 is 4.79 Å². The summed E-state index contributed by atoms with van der Waals surface area (Å²) in [7, 11) is 1.84. The first-order valence-corrected chi connectivity index (χ1v) is 7.28. The van der Waals surface area contributed by atoms with E-state index < -0.39 is 6.04 Å². The van der Waals surface area contributed by atoms with Crippen molar-refractivity contribution in [3.05, 3.63) is 21.9 Å². The lowest BCUT2D eigenvalue weighted by Crippen LogP contribution is -2.46. The molecular formula is C14H24N2OS. The molecule has 0 spiro atoms. The summed E-state index contributed by atoms with van der Waals surface area (Å²) in [6, 6.07) is 3.86. The van der Waals surface area contributed by atoms with Crippen LogP contribution in [0.3, 0.4) is 0 Å². The molecule has 0 aliphatic rings. The Balaban J connectivity index is 2.74. The number of nitrogens with zero attached hydrogens (tertiary/aromatic N) is 1. The zero-order chi connectivity index (χ0) is 13.9. The van der Waals surface area contributed by atoms with Crippen LogP contribution in [-0.2, 0) is 4.79 Å². The van der Waals surface area contributed by atoms with Gasteiger partial charge in [0.2, 0.25) is 5.91 Å². The molecule has 0 saturated carbocycles. The second kappa shape index (κ2) is 6.34. The number of rotatable bonds is 5. The average Bonchev–Trinajstić information content (AvgIpc) is 2.80. The summed E-state index contributed by atoms with van der Waals surface area (Å²) in [4.78, 5) is 16.5. The first-order chi connectivity index (χ1) is 8.38. The van der Waals surface area contributed by atoms with Crippen molar-refractivity contribution in [3.8, 4) is 0 Å². The van der Waals surface area contributed by atoms with Gasteiger partial charge in [-0.25, -0.2) is 0 Å². The number of carbonyl (C=O) groups excluding carboxylic acids is 1. The van der Waals surface area contributed by atoms with E-state index in [1.807, 2.05) is 20.9 Å². The Bertz CT molecular complexity index is 402. The summed E-state index contributed by atoms with van der Waals surface area (Å²) in [5.74, 6) is 0.250. The van der Waals surface area contributed by atoms with Crippen LogP contribution in [0.25, 0.3) is 0 Å². The van der Waals surface area contributed by atoms with E-state index in [1.54, 1.807) is 16.2 Å². The highest BCUT2D eigenvalue weighted by Gasteiger charge is 2.26. The molecule has 102 valence electrons. The van der Waals surface area contributed by atoms with E-state index in [2.05, 4.69) is 26.0 Å². The van der Waals surface area contributed by atoms with Crippen LogP contribution in [0.15, 0.2) is 12.1 Å². The maximum atomic E-state index is 12.3. The molecule has 1 rings (SSSR count). The first kappa shape index (κ1) is 15.2. The van der Waals surface area contributed by atoms with Gasteiger partial charge in [-0.2, -0.15) is 0 Å². The Morgan fingerprint density at radius 2 is 2.06 bits per heavy atom. The fraction of sp³-hybridized carbons (Fsp3) is 0.643. The Labute approximate surface area is 114 Å². The molecule has 0 fully saturated rings. The molecule has 18 heavy (non-hydrogen) atoms. The zero-order valence-electron chi connectivity index (χ0n) is 11.9. The van der Waals surface area contributed by atoms with E-state index in [4.69, 9.17) is 5.73 Å². The molecule has 3 nitrogen and oxygen atoms in total. The summed E-state index contributed by atoms with van der Waals surface area (Å²) < 4.78 is 0. The summed E-state index contributed by atoms with van der Waals surface area (Å²) in [5.41, 5.74) is 6.01. The highest BCUT2D eigenvalue weighted by atomic mass is 32.1. The second-order valence-electron chi connectivity index (χ2n) is 4.98. The number of hydrogen-bond acceptors (Lipinski definition) is 3. The number of nitrogens with two attached hydrogens (primary N) is 1. The number of amides is 1. The van der Waals surface area contributed by atoms with Gasteiger partial charge < -0.3 is 10.6 Å². The molecule has 0 aliphatic heterocycles. The largest absolute Gasteiger partial charge is 0.337 e. The van der Waals surface area contributed by atoms with Gasteiger partial charge in [-0.1, -0.05) is 20.3 Å². The average molecular weight is 268 g/mol. The predicted molar refractivity (Wildman–Crippen MR) is 77.7 cm³/mol. The molecule has 2 unspecified atom stereocenters. The lowest BCUT2D eigenvalue weighted by Gasteiger charge is -2.29. The first-order valence-electron chi connectivity index (χ1n) is 6.47. The standard InChI is InChI=1S/C14H24N2OS/c1-6-9(2)13(15)14(17)16(5)11(4)12-8-7-10(3)18-12/h7-9,11,13H,6,15H2,1-5H3/t9?,11?,13-/m0/s1. The van der Waals surface area contributed by atoms with E-state index in [1.165, 1.54) is 9.75 Å². The lowest BCUT2D eigenvalue weighted by molar-refractivity contribution is -0.134. The summed E-state index contributed by atoms with van der Waals surface area (Å²) >= 11 is 1.73. The Morgan fingerprint density at radius 3 is 2.50 bits per heavy atom. The van der Waals surface area contributed by atoms with Gasteiger partial charge >= 0.3 is 0 Å². The molecule has 0 radical (unpaired) electrons. The van der Waals surface area contributed by atoms with Gasteiger partial charge in [0.25, 0.3) is 0 Å². The molecule has 1 heterocycles. The molecule has 1 amide bonds. The number of aryl methyl sites for hydroxylation is 1. The van der Waals surface area contributed by atoms with Crippen LogP contribution in [0, 0.1) is 12.8 Å². The molecule has 2 N–H and O–H groups in total. The van der Waals surface area contributed by atoms with Gasteiger partial charge in [0.15, 0.2) is 0 Å². The van der Waals surface area contributed by atoms with Gasteiger partial charge in [-0.05, 0) is 31.9 Å². The molecule has 0 saturated heterocycles. The van der Waals surface area contributed by atoms with Gasteiger partial charge in [0.05, 0.1) is 12.1 Å². The lowest BCUT2D eigenvalue weighted by atomic mass is 9.98. The quantitative estimate of drug-likeness (QED) is 0.892. The van der Waals surface area contributed by atoms with Crippen LogP contribution >= 0.6 is 11.3 Å². The van der Waals surface area contributed by atoms with E-state index in [9.17, 15) is 4.79 Å². The van der Waals surface area contributed by atoms with Crippen LogP contribution in [-0.4, -0.2) is 23.9 Å². The highest BCUT2D eigenvalue weighted by Crippen LogP contribution is 2.27. The smallest absolute Gasteiger partial charge is 0.240 e. The molecule has 0 aromatic carbocycles. The molecule has 1 aromatic heterocycles. The molecule has 4 heteroatoms. The molecular weight excluding hydrogens is 244 g/mol. The van der Waals surface area contributed by atoms with Crippen molar-refractivity contribution in [1.29, 1.82) is 0 Å². The Morgan fingerprint density at radius 1 is 1.44 bits per heavy atom. The third-order valence-corrected chi connectivity index (χ3v) is 4.81. The minimum Gasteiger partial charge on any atom is -0.337 e. The fourth-order valence-electron chi connectivity index (χ4n) is 1.79. The maximum absolute atomic E-state index is 12.3. The molecule has 3 atom stereocenters. The number of thiophene rings is 1. The summed E-state index contributed by atoms with van der Waals surface area (Å²) in [6.07, 6.45) is 0.924. The monoisotopic (exact) mass is 268 g/mol. The van der Waals surface area contributed by atoms with Crippen molar-refractivity contribution in [2.45, 2.75) is 46.2 Å². The van der Waals surface area contributed by atoms with Crippen LogP contribution in [0.2, 0.25) is 0 Å². The molecule has 1 aromatic rings. The fourth-order valence-corrected chi connectivity index (χ4v) is 2.76. The Kier molecular flexibility index (Phi) is 5.35. The van der Waals surface area contributed by atoms with Gasteiger partial charge in [0.1, 0.15) is 0 Å². The third-order valence-electron chi connectivity index (χ3n) is 3.64. The molecule has 0 aliphatic carbocycles. The van der Waals surface area contributed by atoms with Crippen LogP contribution in [0.5, 0.6) is 0 Å². The van der Waals surface area contributed by atoms with Crippen molar-refractivity contribution in [1.82, 2.24) is 4.90 Å². The number of carbonyl (C=O) groups is 1. The van der Waals surface area contributed by atoms with Crippen LogP contribution < -0.4 is 5.73 Å². The van der Waals surface area contributed by atoms with E-state index in [0.717, 1.165) is 6.42 Å². The SMILES string of the molecule is CCC(C)[C@H](N)C(=O)N(C)C(C)c1ccc(C)s1. The highest BCUT2D eigenvalue weighted by molar-refractivity contribution is 7.12. The third kappa shape index (κ3) is 3.33. The summed E-state index contributed by atoms with van der Waals surface area (Å²) in [5, 5.41) is 0. The second-order valence-corrected chi connectivity index (χ2v) is 6.30. The van der Waals surface area contributed by atoms with E-state index >= 15 is 0 Å². The number of likely N-dealkylation sites (N-methyl/N-ethyl adjacent to an activating group) is 1. The van der Waals surface area contributed by atoms with Crippen LogP contribution in [0.1, 0.15) is 43.0 Å². The topological polar surface area (TPSA) is 46.3 Å². The minimum atomic E-state index is -0.400. The summed E-state index contributed by atoms with van der Waals surface area (Å²) in [6.45, 7) is 8.21. The maximum Gasteiger partial charge on any atom is 0.240 e. The van der Waals surface area contributed by atoms with Crippen molar-refractivity contribution >= 4 is 17.2 Å². The van der Waals surface area contributed by atoms with Crippen molar-refractivity contribution in [2.24, 2.45) is 11.7 Å². The minimum absolute atomic E-state index is 0.0305. The van der Waals surface area contributed by atoms with Crippen molar-refractivity contribution in [3.63, 3.8) is 0 Å². The van der Waals surface area contributed by atoms with Gasteiger partial charge in [-0.3, -0.25) is 4.79 Å². The van der Waals surface area contributed by atoms with E-state index in [-0.39, 0.29) is 17.9 Å². The number of hydrogen-bond donors (Lipinski definition) is 1. The van der Waals surface area contributed by atoms with Gasteiger partial charge in [-0.15, -0.1) is 11.3 Å². The van der Waals surface area contributed by atoms with E-state index in [0.29, 0.717) is 0 Å². The predicted octanol–water partition coefficient (Wildman–Crippen LogP) is 2.95. The van der Waals surface area contributed by atoms with Crippen molar-refractivity contribution in [2.75, 3.05) is 7.05 Å². The molecule has 0 bridgehead atoms.